The average Bonchev–Trinajstić information content (AvgIpc) is 1.84. The SMILES string of the molecule is CC[C](Cl)C(C)CC. The Morgan fingerprint density at radius 3 is 2.12 bits per heavy atom. The third-order valence-corrected chi connectivity index (χ3v) is 2.12. The van der Waals surface area contributed by atoms with Gasteiger partial charge in [0.15, 0.2) is 0 Å². The molecule has 0 bridgehead atoms. The summed E-state index contributed by atoms with van der Waals surface area (Å²) in [5, 5.41) is 1.10. The molecule has 1 heteroatoms. The molecule has 8 heavy (non-hydrogen) atoms. The molecule has 1 radical (unpaired) electrons. The van der Waals surface area contributed by atoms with Crippen molar-refractivity contribution in [2.24, 2.45) is 5.92 Å². The summed E-state index contributed by atoms with van der Waals surface area (Å²) in [6.07, 6.45) is 2.17. The van der Waals surface area contributed by atoms with E-state index in [1.807, 2.05) is 0 Å². The van der Waals surface area contributed by atoms with E-state index in [9.17, 15) is 0 Å². The van der Waals surface area contributed by atoms with E-state index in [0.717, 1.165) is 18.2 Å². The van der Waals surface area contributed by atoms with Crippen LogP contribution in [0.2, 0.25) is 0 Å². The normalized spacial score (nSPS) is 14.6. The summed E-state index contributed by atoms with van der Waals surface area (Å²) in [5.74, 6) is 0.599. The molecule has 0 rings (SSSR count). The summed E-state index contributed by atoms with van der Waals surface area (Å²) in [6.45, 7) is 6.41. The van der Waals surface area contributed by atoms with Crippen molar-refractivity contribution in [2.75, 3.05) is 0 Å². The lowest BCUT2D eigenvalue weighted by molar-refractivity contribution is 0.602. The largest absolute Gasteiger partial charge is 0.117 e. The fourth-order valence-corrected chi connectivity index (χ4v) is 0.724. The Bertz CT molecular complexity index is 44.3. The molecular formula is C7H14Cl. The zero-order chi connectivity index (χ0) is 6.57. The van der Waals surface area contributed by atoms with Crippen molar-refractivity contribution in [2.45, 2.75) is 33.6 Å². The van der Waals surface area contributed by atoms with Gasteiger partial charge in [0.1, 0.15) is 0 Å². The molecule has 0 aliphatic carbocycles. The summed E-state index contributed by atoms with van der Waals surface area (Å²) >= 11 is 5.83. The first-order valence-corrected chi connectivity index (χ1v) is 3.61. The van der Waals surface area contributed by atoms with E-state index in [0.29, 0.717) is 5.92 Å². The maximum absolute atomic E-state index is 5.83. The highest BCUT2D eigenvalue weighted by Gasteiger charge is 2.09. The number of rotatable bonds is 3. The lowest BCUT2D eigenvalue weighted by Gasteiger charge is -2.11. The van der Waals surface area contributed by atoms with Crippen LogP contribution in [-0.2, 0) is 0 Å². The standard InChI is InChI=1S/C7H14Cl/c1-4-6(3)7(8)5-2/h6H,4-5H2,1-3H3. The first-order valence-electron chi connectivity index (χ1n) is 3.23. The minimum absolute atomic E-state index is 0.599. The van der Waals surface area contributed by atoms with Gasteiger partial charge < -0.3 is 0 Å². The van der Waals surface area contributed by atoms with Crippen LogP contribution in [-0.4, -0.2) is 0 Å². The molecule has 0 amide bonds. The minimum atomic E-state index is 0.599. The fourth-order valence-electron chi connectivity index (χ4n) is 0.570. The van der Waals surface area contributed by atoms with E-state index >= 15 is 0 Å². The van der Waals surface area contributed by atoms with Crippen LogP contribution in [0.1, 0.15) is 33.6 Å². The molecule has 49 valence electrons. The van der Waals surface area contributed by atoms with Crippen molar-refractivity contribution in [3.63, 3.8) is 0 Å². The van der Waals surface area contributed by atoms with Gasteiger partial charge in [-0.05, 0) is 12.3 Å². The van der Waals surface area contributed by atoms with Crippen molar-refractivity contribution < 1.29 is 0 Å². The van der Waals surface area contributed by atoms with Crippen molar-refractivity contribution in [3.8, 4) is 0 Å². The number of hydrogen-bond acceptors (Lipinski definition) is 0. The van der Waals surface area contributed by atoms with Crippen LogP contribution in [0.15, 0.2) is 0 Å². The fraction of sp³-hybridized carbons (Fsp3) is 0.857. The van der Waals surface area contributed by atoms with Gasteiger partial charge in [0.25, 0.3) is 0 Å². The van der Waals surface area contributed by atoms with Crippen LogP contribution in [0, 0.1) is 11.3 Å². The Labute approximate surface area is 57.2 Å². The van der Waals surface area contributed by atoms with Gasteiger partial charge >= 0.3 is 0 Å². The van der Waals surface area contributed by atoms with Crippen molar-refractivity contribution in [3.05, 3.63) is 5.38 Å². The minimum Gasteiger partial charge on any atom is -0.117 e. The highest BCUT2D eigenvalue weighted by atomic mass is 35.5. The van der Waals surface area contributed by atoms with Crippen LogP contribution in [0.5, 0.6) is 0 Å². The molecule has 1 unspecified atom stereocenters. The van der Waals surface area contributed by atoms with Gasteiger partial charge in [0.05, 0.1) is 5.38 Å². The Hall–Kier alpha value is 0.290. The second-order valence-electron chi connectivity index (χ2n) is 2.11. The van der Waals surface area contributed by atoms with E-state index < -0.39 is 0 Å². The van der Waals surface area contributed by atoms with Gasteiger partial charge in [-0.3, -0.25) is 0 Å². The lowest BCUT2D eigenvalue weighted by Crippen LogP contribution is -1.99. The van der Waals surface area contributed by atoms with Crippen LogP contribution in [0.25, 0.3) is 0 Å². The van der Waals surface area contributed by atoms with Gasteiger partial charge in [-0.15, -0.1) is 11.6 Å². The zero-order valence-corrected chi connectivity index (χ0v) is 6.63. The maximum atomic E-state index is 5.83. The van der Waals surface area contributed by atoms with E-state index in [1.54, 1.807) is 0 Å². The van der Waals surface area contributed by atoms with Crippen LogP contribution in [0.4, 0.5) is 0 Å². The van der Waals surface area contributed by atoms with E-state index in [1.165, 1.54) is 0 Å². The molecule has 0 aromatic heterocycles. The molecule has 0 aromatic carbocycles. The quantitative estimate of drug-likeness (QED) is 0.555. The first kappa shape index (κ1) is 8.29. The van der Waals surface area contributed by atoms with Crippen LogP contribution < -0.4 is 0 Å². The summed E-state index contributed by atoms with van der Waals surface area (Å²) in [6, 6.07) is 0. The predicted molar refractivity (Wildman–Crippen MR) is 38.8 cm³/mol. The van der Waals surface area contributed by atoms with Gasteiger partial charge in [-0.2, -0.15) is 0 Å². The molecule has 0 fully saturated rings. The molecule has 0 saturated carbocycles. The maximum Gasteiger partial charge on any atom is 0.0663 e. The molecule has 0 spiro atoms. The highest BCUT2D eigenvalue weighted by molar-refractivity contribution is 6.27. The molecule has 0 aliphatic heterocycles. The summed E-state index contributed by atoms with van der Waals surface area (Å²) in [5.41, 5.74) is 0. The van der Waals surface area contributed by atoms with Crippen LogP contribution >= 0.6 is 11.6 Å². The third kappa shape index (κ3) is 2.56. The van der Waals surface area contributed by atoms with E-state index in [4.69, 9.17) is 11.6 Å². The Balaban J connectivity index is 3.29. The molecule has 0 heterocycles. The first-order chi connectivity index (χ1) is 3.72. The van der Waals surface area contributed by atoms with Gasteiger partial charge in [-0.1, -0.05) is 27.2 Å². The molecule has 0 saturated heterocycles. The van der Waals surface area contributed by atoms with Gasteiger partial charge in [0.2, 0.25) is 0 Å². The molecule has 0 N–H and O–H groups in total. The van der Waals surface area contributed by atoms with Gasteiger partial charge in [-0.25, -0.2) is 0 Å². The summed E-state index contributed by atoms with van der Waals surface area (Å²) < 4.78 is 0. The zero-order valence-electron chi connectivity index (χ0n) is 5.87. The third-order valence-electron chi connectivity index (χ3n) is 1.48. The summed E-state index contributed by atoms with van der Waals surface area (Å²) in [7, 11) is 0. The van der Waals surface area contributed by atoms with Crippen molar-refractivity contribution >= 4 is 11.6 Å². The second kappa shape index (κ2) is 4.20. The summed E-state index contributed by atoms with van der Waals surface area (Å²) in [4.78, 5) is 0. The lowest BCUT2D eigenvalue weighted by atomic mass is 10.0. The smallest absolute Gasteiger partial charge is 0.0663 e. The molecule has 0 aromatic rings. The Morgan fingerprint density at radius 2 is 2.00 bits per heavy atom. The number of hydrogen-bond donors (Lipinski definition) is 0. The Kier molecular flexibility index (Phi) is 4.35. The van der Waals surface area contributed by atoms with Crippen molar-refractivity contribution in [1.82, 2.24) is 0 Å². The second-order valence-corrected chi connectivity index (χ2v) is 2.60. The predicted octanol–water partition coefficient (Wildman–Crippen LogP) is 3.21. The molecule has 0 nitrogen and oxygen atoms in total. The molecular weight excluding hydrogens is 120 g/mol. The van der Waals surface area contributed by atoms with E-state index in [-0.39, 0.29) is 0 Å². The number of halogens is 1. The van der Waals surface area contributed by atoms with Crippen molar-refractivity contribution in [1.29, 1.82) is 0 Å². The average molecular weight is 134 g/mol. The topological polar surface area (TPSA) is 0 Å². The Morgan fingerprint density at radius 1 is 1.50 bits per heavy atom. The van der Waals surface area contributed by atoms with Gasteiger partial charge in [0, 0.05) is 0 Å². The highest BCUT2D eigenvalue weighted by Crippen LogP contribution is 2.24. The van der Waals surface area contributed by atoms with E-state index in [2.05, 4.69) is 20.8 Å². The van der Waals surface area contributed by atoms with Crippen LogP contribution in [0.3, 0.4) is 0 Å². The molecule has 1 atom stereocenters. The monoisotopic (exact) mass is 133 g/mol. The molecule has 0 aliphatic rings.